The molecule has 7 heteroatoms. The zero-order valence-electron chi connectivity index (χ0n) is 12.8. The lowest BCUT2D eigenvalue weighted by molar-refractivity contribution is -0.137. The van der Waals surface area contributed by atoms with Crippen molar-refractivity contribution in [3.05, 3.63) is 76.8 Å². The molecule has 0 fully saturated rings. The van der Waals surface area contributed by atoms with Crippen molar-refractivity contribution in [3.8, 4) is 11.3 Å². The highest BCUT2D eigenvalue weighted by Gasteiger charge is 2.30. The highest BCUT2D eigenvalue weighted by atomic mass is 35.5. The van der Waals surface area contributed by atoms with Crippen LogP contribution in [0.2, 0.25) is 5.02 Å². The van der Waals surface area contributed by atoms with Gasteiger partial charge in [-0.25, -0.2) is 0 Å². The minimum Gasteiger partial charge on any atom is -0.166 e. The molecule has 0 saturated carbocycles. The molecule has 25 heavy (non-hydrogen) atoms. The number of alkyl halides is 3. The van der Waals surface area contributed by atoms with Crippen LogP contribution >= 0.6 is 23.4 Å². The third-order valence-electron chi connectivity index (χ3n) is 3.42. The number of thioether (sulfide) groups is 1. The lowest BCUT2D eigenvalue weighted by Crippen LogP contribution is -2.04. The van der Waals surface area contributed by atoms with Gasteiger partial charge >= 0.3 is 6.18 Å². The Kier molecular flexibility index (Phi) is 5.30. The Morgan fingerprint density at radius 3 is 2.32 bits per heavy atom. The van der Waals surface area contributed by atoms with Crippen LogP contribution in [0.5, 0.6) is 0 Å². The van der Waals surface area contributed by atoms with Crippen LogP contribution < -0.4 is 0 Å². The number of nitrogens with zero attached hydrogens (tertiary/aromatic N) is 2. The van der Waals surface area contributed by atoms with Crippen LogP contribution in [0.3, 0.4) is 0 Å². The largest absolute Gasteiger partial charge is 0.416 e. The summed E-state index contributed by atoms with van der Waals surface area (Å²) in [5.41, 5.74) is 1.55. The Labute approximate surface area is 152 Å². The van der Waals surface area contributed by atoms with Crippen LogP contribution in [0.4, 0.5) is 13.2 Å². The zero-order valence-corrected chi connectivity index (χ0v) is 14.4. The molecule has 0 aliphatic heterocycles. The van der Waals surface area contributed by atoms with Crippen molar-refractivity contribution in [2.24, 2.45) is 0 Å². The van der Waals surface area contributed by atoms with Crippen molar-refractivity contribution in [2.45, 2.75) is 17.0 Å². The van der Waals surface area contributed by atoms with E-state index in [0.717, 1.165) is 17.7 Å². The number of rotatable bonds is 4. The number of hydrogen-bond acceptors (Lipinski definition) is 3. The fourth-order valence-corrected chi connectivity index (χ4v) is 3.05. The quantitative estimate of drug-likeness (QED) is 0.511. The molecule has 0 saturated heterocycles. The van der Waals surface area contributed by atoms with Gasteiger partial charge in [-0.3, -0.25) is 0 Å². The fraction of sp³-hybridized carbons (Fsp3) is 0.111. The lowest BCUT2D eigenvalue weighted by atomic mass is 10.1. The molecular weight excluding hydrogens is 369 g/mol. The van der Waals surface area contributed by atoms with E-state index in [1.54, 1.807) is 24.3 Å². The van der Waals surface area contributed by atoms with Crippen LogP contribution in [0.25, 0.3) is 11.3 Å². The first kappa shape index (κ1) is 17.8. The maximum atomic E-state index is 12.7. The van der Waals surface area contributed by atoms with Gasteiger partial charge in [0.05, 0.1) is 11.3 Å². The fourth-order valence-electron chi connectivity index (χ4n) is 2.17. The van der Waals surface area contributed by atoms with Gasteiger partial charge in [0.25, 0.3) is 0 Å². The van der Waals surface area contributed by atoms with Crippen molar-refractivity contribution in [1.29, 1.82) is 0 Å². The van der Waals surface area contributed by atoms with Crippen molar-refractivity contribution < 1.29 is 13.2 Å². The van der Waals surface area contributed by atoms with E-state index < -0.39 is 11.7 Å². The Hall–Kier alpha value is -2.05. The Balaban J connectivity index is 1.67. The summed E-state index contributed by atoms with van der Waals surface area (Å²) in [7, 11) is 0. The summed E-state index contributed by atoms with van der Waals surface area (Å²) in [6.07, 6.45) is -4.33. The van der Waals surface area contributed by atoms with Gasteiger partial charge in [-0.2, -0.15) is 13.2 Å². The van der Waals surface area contributed by atoms with E-state index in [0.29, 0.717) is 27.1 Å². The lowest BCUT2D eigenvalue weighted by Gasteiger charge is -2.08. The highest BCUT2D eigenvalue weighted by molar-refractivity contribution is 7.98. The van der Waals surface area contributed by atoms with E-state index in [4.69, 9.17) is 11.6 Å². The molecule has 1 aromatic heterocycles. The molecule has 2 aromatic carbocycles. The zero-order chi connectivity index (χ0) is 17.9. The second-order valence-electron chi connectivity index (χ2n) is 5.25. The van der Waals surface area contributed by atoms with E-state index in [-0.39, 0.29) is 0 Å². The van der Waals surface area contributed by atoms with Crippen LogP contribution in [-0.2, 0) is 11.9 Å². The number of aromatic nitrogens is 2. The average Bonchev–Trinajstić information content (AvgIpc) is 2.61. The predicted octanol–water partition coefficient (Wildman–Crippen LogP) is 6.11. The second kappa shape index (κ2) is 7.45. The molecule has 0 N–H and O–H groups in total. The summed E-state index contributed by atoms with van der Waals surface area (Å²) in [6, 6.07) is 16.2. The van der Waals surface area contributed by atoms with E-state index >= 15 is 0 Å². The van der Waals surface area contributed by atoms with Gasteiger partial charge in [0, 0.05) is 16.3 Å². The maximum Gasteiger partial charge on any atom is 0.416 e. The first-order valence-corrected chi connectivity index (χ1v) is 8.67. The minimum atomic E-state index is -4.33. The van der Waals surface area contributed by atoms with Gasteiger partial charge in [-0.1, -0.05) is 53.7 Å². The van der Waals surface area contributed by atoms with Crippen LogP contribution in [0.1, 0.15) is 11.1 Å². The van der Waals surface area contributed by atoms with Gasteiger partial charge in [0.2, 0.25) is 0 Å². The first-order valence-electron chi connectivity index (χ1n) is 7.30. The van der Waals surface area contributed by atoms with Crippen LogP contribution in [0, 0.1) is 0 Å². The maximum absolute atomic E-state index is 12.7. The van der Waals surface area contributed by atoms with Gasteiger partial charge in [0.15, 0.2) is 0 Å². The SMILES string of the molecule is FC(F)(F)c1cccc(CSc2ccc(-c3ccc(Cl)cc3)nn2)c1. The molecule has 0 amide bonds. The smallest absolute Gasteiger partial charge is 0.166 e. The van der Waals surface area contributed by atoms with Crippen LogP contribution in [-0.4, -0.2) is 10.2 Å². The second-order valence-corrected chi connectivity index (χ2v) is 6.68. The number of benzene rings is 2. The Morgan fingerprint density at radius 1 is 0.920 bits per heavy atom. The molecule has 0 bridgehead atoms. The molecule has 0 atom stereocenters. The highest BCUT2D eigenvalue weighted by Crippen LogP contribution is 2.31. The molecule has 3 rings (SSSR count). The summed E-state index contributed by atoms with van der Waals surface area (Å²) < 4.78 is 38.2. The molecule has 128 valence electrons. The number of halogens is 4. The Bertz CT molecular complexity index is 849. The first-order chi connectivity index (χ1) is 11.9. The van der Waals surface area contributed by atoms with Crippen molar-refractivity contribution >= 4 is 23.4 Å². The van der Waals surface area contributed by atoms with Crippen molar-refractivity contribution in [2.75, 3.05) is 0 Å². The third kappa shape index (κ3) is 4.74. The normalized spacial score (nSPS) is 11.5. The molecule has 0 aliphatic carbocycles. The molecule has 2 nitrogen and oxygen atoms in total. The summed E-state index contributed by atoms with van der Waals surface area (Å²) in [5, 5.41) is 9.57. The van der Waals surface area contributed by atoms with E-state index in [1.807, 2.05) is 18.2 Å². The van der Waals surface area contributed by atoms with Gasteiger partial charge in [-0.15, -0.1) is 10.2 Å². The molecule has 0 radical (unpaired) electrons. The topological polar surface area (TPSA) is 25.8 Å². The van der Waals surface area contributed by atoms with Crippen molar-refractivity contribution in [1.82, 2.24) is 10.2 Å². The molecule has 0 unspecified atom stereocenters. The monoisotopic (exact) mass is 380 g/mol. The Morgan fingerprint density at radius 2 is 1.68 bits per heavy atom. The van der Waals surface area contributed by atoms with E-state index in [1.165, 1.54) is 17.8 Å². The molecule has 0 spiro atoms. The van der Waals surface area contributed by atoms with E-state index in [9.17, 15) is 13.2 Å². The summed E-state index contributed by atoms with van der Waals surface area (Å²) in [5.74, 6) is 0.388. The number of hydrogen-bond donors (Lipinski definition) is 0. The summed E-state index contributed by atoms with van der Waals surface area (Å²) >= 11 is 7.19. The third-order valence-corrected chi connectivity index (χ3v) is 4.66. The molecule has 1 heterocycles. The molecule has 0 aliphatic rings. The van der Waals surface area contributed by atoms with E-state index in [2.05, 4.69) is 10.2 Å². The van der Waals surface area contributed by atoms with Gasteiger partial charge < -0.3 is 0 Å². The molecular formula is C18H12ClF3N2S. The van der Waals surface area contributed by atoms with Gasteiger partial charge in [0.1, 0.15) is 5.03 Å². The average molecular weight is 381 g/mol. The van der Waals surface area contributed by atoms with Crippen LogP contribution in [0.15, 0.2) is 65.7 Å². The predicted molar refractivity (Wildman–Crippen MR) is 93.5 cm³/mol. The standard InChI is InChI=1S/C18H12ClF3N2S/c19-15-6-4-13(5-7-15)16-8-9-17(24-23-16)25-11-12-2-1-3-14(10-12)18(20,21)22/h1-10H,11H2. The van der Waals surface area contributed by atoms with Gasteiger partial charge in [-0.05, 0) is 35.9 Å². The summed E-state index contributed by atoms with van der Waals surface area (Å²) in [6.45, 7) is 0. The minimum absolute atomic E-state index is 0.388. The van der Waals surface area contributed by atoms with Crippen molar-refractivity contribution in [3.63, 3.8) is 0 Å². The summed E-state index contributed by atoms with van der Waals surface area (Å²) in [4.78, 5) is 0. The molecule has 3 aromatic rings.